The van der Waals surface area contributed by atoms with Crippen molar-refractivity contribution in [1.82, 2.24) is 15.1 Å². The van der Waals surface area contributed by atoms with Gasteiger partial charge in [0.05, 0.1) is 12.3 Å². The number of ether oxygens (including phenoxy) is 1. The van der Waals surface area contributed by atoms with Crippen LogP contribution in [0.15, 0.2) is 36.5 Å². The van der Waals surface area contributed by atoms with E-state index in [0.717, 1.165) is 24.5 Å². The number of hydrogen-bond donors (Lipinski definition) is 1. The van der Waals surface area contributed by atoms with E-state index in [0.29, 0.717) is 6.61 Å². The molecule has 0 aliphatic carbocycles. The summed E-state index contributed by atoms with van der Waals surface area (Å²) in [5, 5.41) is 7.70. The molecule has 1 heterocycles. The lowest BCUT2D eigenvalue weighted by Crippen LogP contribution is -2.14. The van der Waals surface area contributed by atoms with Crippen LogP contribution in [0.1, 0.15) is 18.2 Å². The molecule has 1 aromatic heterocycles. The Morgan fingerprint density at radius 1 is 1.22 bits per heavy atom. The number of nitrogens with one attached hydrogen (secondary N) is 1. The van der Waals surface area contributed by atoms with Crippen molar-refractivity contribution in [2.45, 2.75) is 20.0 Å². The molecule has 0 unspecified atom stereocenters. The number of nitrogens with zero attached hydrogens (tertiary/aromatic N) is 2. The van der Waals surface area contributed by atoms with Gasteiger partial charge in [0.15, 0.2) is 0 Å². The molecule has 4 heteroatoms. The van der Waals surface area contributed by atoms with Gasteiger partial charge in [-0.2, -0.15) is 5.10 Å². The zero-order valence-electron chi connectivity index (χ0n) is 10.9. The Balaban J connectivity index is 1.89. The molecule has 0 aliphatic rings. The van der Waals surface area contributed by atoms with Crippen molar-refractivity contribution in [3.05, 3.63) is 47.8 Å². The Hall–Kier alpha value is -1.81. The van der Waals surface area contributed by atoms with Gasteiger partial charge in [-0.05, 0) is 19.1 Å². The molecule has 4 nitrogen and oxygen atoms in total. The minimum absolute atomic E-state index is 0.692. The van der Waals surface area contributed by atoms with E-state index >= 15 is 0 Å². The summed E-state index contributed by atoms with van der Waals surface area (Å²) >= 11 is 0. The largest absolute Gasteiger partial charge is 0.494 e. The molecular weight excluding hydrogens is 226 g/mol. The van der Waals surface area contributed by atoms with Crippen LogP contribution in [-0.2, 0) is 20.1 Å². The third-order valence-corrected chi connectivity index (χ3v) is 2.66. The molecular formula is C14H19N3O. The maximum atomic E-state index is 5.58. The first-order valence-corrected chi connectivity index (χ1v) is 6.19. The minimum Gasteiger partial charge on any atom is -0.494 e. The number of hydrogen-bond acceptors (Lipinski definition) is 3. The molecule has 0 spiro atoms. The quantitative estimate of drug-likeness (QED) is 0.847. The van der Waals surface area contributed by atoms with Crippen molar-refractivity contribution >= 4 is 0 Å². The number of benzene rings is 1. The number of rotatable bonds is 6. The zero-order chi connectivity index (χ0) is 12.8. The summed E-state index contributed by atoms with van der Waals surface area (Å²) < 4.78 is 7.39. The molecule has 0 amide bonds. The second-order valence-electron chi connectivity index (χ2n) is 4.13. The van der Waals surface area contributed by atoms with Crippen molar-refractivity contribution in [1.29, 1.82) is 0 Å². The molecule has 0 radical (unpaired) electrons. The van der Waals surface area contributed by atoms with Gasteiger partial charge >= 0.3 is 0 Å². The number of aromatic nitrogens is 2. The fourth-order valence-corrected chi connectivity index (χ4v) is 1.83. The van der Waals surface area contributed by atoms with Gasteiger partial charge in [0.2, 0.25) is 0 Å². The maximum Gasteiger partial charge on any atom is 0.123 e. The van der Waals surface area contributed by atoms with Crippen LogP contribution in [0.5, 0.6) is 5.75 Å². The molecule has 0 saturated carbocycles. The predicted octanol–water partition coefficient (Wildman–Crippen LogP) is 2.11. The standard InChI is InChI=1S/C14H19N3O/c1-3-18-14-7-5-4-6-12(14)10-15-11-13-8-9-17(2)16-13/h4-9,15H,3,10-11H2,1-2H3. The molecule has 0 saturated heterocycles. The first-order valence-electron chi connectivity index (χ1n) is 6.19. The Kier molecular flexibility index (Phi) is 4.36. The average molecular weight is 245 g/mol. The summed E-state index contributed by atoms with van der Waals surface area (Å²) in [5.74, 6) is 0.952. The van der Waals surface area contributed by atoms with Gasteiger partial charge in [-0.25, -0.2) is 0 Å². The highest BCUT2D eigenvalue weighted by Crippen LogP contribution is 2.17. The van der Waals surface area contributed by atoms with E-state index in [9.17, 15) is 0 Å². The van der Waals surface area contributed by atoms with Crippen molar-refractivity contribution in [2.24, 2.45) is 7.05 Å². The van der Waals surface area contributed by atoms with Crippen LogP contribution in [0.25, 0.3) is 0 Å². The lowest BCUT2D eigenvalue weighted by molar-refractivity contribution is 0.335. The van der Waals surface area contributed by atoms with Gasteiger partial charge in [0.1, 0.15) is 5.75 Å². The zero-order valence-corrected chi connectivity index (χ0v) is 10.9. The van der Waals surface area contributed by atoms with E-state index in [-0.39, 0.29) is 0 Å². The van der Waals surface area contributed by atoms with Gasteiger partial charge < -0.3 is 10.1 Å². The second-order valence-corrected chi connectivity index (χ2v) is 4.13. The third-order valence-electron chi connectivity index (χ3n) is 2.66. The normalized spacial score (nSPS) is 10.6. The van der Waals surface area contributed by atoms with E-state index in [4.69, 9.17) is 4.74 Å². The molecule has 1 aromatic carbocycles. The predicted molar refractivity (Wildman–Crippen MR) is 71.4 cm³/mol. The number of aryl methyl sites for hydroxylation is 1. The average Bonchev–Trinajstić information content (AvgIpc) is 2.78. The summed E-state index contributed by atoms with van der Waals surface area (Å²) in [4.78, 5) is 0. The van der Waals surface area contributed by atoms with Crippen molar-refractivity contribution < 1.29 is 4.74 Å². The van der Waals surface area contributed by atoms with E-state index in [1.54, 1.807) is 0 Å². The maximum absolute atomic E-state index is 5.58. The fourth-order valence-electron chi connectivity index (χ4n) is 1.83. The number of para-hydroxylation sites is 1. The molecule has 96 valence electrons. The molecule has 0 bridgehead atoms. The molecule has 0 atom stereocenters. The first kappa shape index (κ1) is 12.6. The van der Waals surface area contributed by atoms with Gasteiger partial charge in [0.25, 0.3) is 0 Å². The van der Waals surface area contributed by atoms with Crippen molar-refractivity contribution in [3.8, 4) is 5.75 Å². The topological polar surface area (TPSA) is 39.1 Å². The molecule has 18 heavy (non-hydrogen) atoms. The lowest BCUT2D eigenvalue weighted by Gasteiger charge is -2.10. The van der Waals surface area contributed by atoms with Crippen LogP contribution in [0.2, 0.25) is 0 Å². The van der Waals surface area contributed by atoms with Crippen molar-refractivity contribution in [3.63, 3.8) is 0 Å². The SMILES string of the molecule is CCOc1ccccc1CNCc1ccn(C)n1. The molecule has 1 N–H and O–H groups in total. The van der Waals surface area contributed by atoms with Crippen LogP contribution in [0.3, 0.4) is 0 Å². The van der Waals surface area contributed by atoms with E-state index in [1.165, 1.54) is 5.56 Å². The Morgan fingerprint density at radius 2 is 2.06 bits per heavy atom. The van der Waals surface area contributed by atoms with Crippen molar-refractivity contribution in [2.75, 3.05) is 6.61 Å². The summed E-state index contributed by atoms with van der Waals surface area (Å²) in [5.41, 5.74) is 2.22. The second kappa shape index (κ2) is 6.21. The van der Waals surface area contributed by atoms with Crippen LogP contribution in [0, 0.1) is 0 Å². The molecule has 0 fully saturated rings. The van der Waals surface area contributed by atoms with Gasteiger partial charge in [-0.3, -0.25) is 4.68 Å². The molecule has 0 aliphatic heterocycles. The first-order chi connectivity index (χ1) is 8.79. The highest BCUT2D eigenvalue weighted by molar-refractivity contribution is 5.33. The Bertz CT molecular complexity index is 493. The molecule has 2 aromatic rings. The highest BCUT2D eigenvalue weighted by atomic mass is 16.5. The summed E-state index contributed by atoms with van der Waals surface area (Å²) in [7, 11) is 1.92. The van der Waals surface area contributed by atoms with Crippen LogP contribution in [-0.4, -0.2) is 16.4 Å². The summed E-state index contributed by atoms with van der Waals surface area (Å²) in [6.07, 6.45) is 1.95. The Labute approximate surface area is 108 Å². The highest BCUT2D eigenvalue weighted by Gasteiger charge is 2.02. The fraction of sp³-hybridized carbons (Fsp3) is 0.357. The third kappa shape index (κ3) is 3.34. The summed E-state index contributed by atoms with van der Waals surface area (Å²) in [6, 6.07) is 10.1. The van der Waals surface area contributed by atoms with Gasteiger partial charge in [0, 0.05) is 31.9 Å². The van der Waals surface area contributed by atoms with E-state index < -0.39 is 0 Å². The monoisotopic (exact) mass is 245 g/mol. The Morgan fingerprint density at radius 3 is 2.78 bits per heavy atom. The van der Waals surface area contributed by atoms with Crippen LogP contribution >= 0.6 is 0 Å². The molecule has 2 rings (SSSR count). The van der Waals surface area contributed by atoms with Gasteiger partial charge in [-0.15, -0.1) is 0 Å². The van der Waals surface area contributed by atoms with Gasteiger partial charge in [-0.1, -0.05) is 18.2 Å². The van der Waals surface area contributed by atoms with E-state index in [2.05, 4.69) is 16.5 Å². The summed E-state index contributed by atoms with van der Waals surface area (Å²) in [6.45, 7) is 4.24. The smallest absolute Gasteiger partial charge is 0.123 e. The van der Waals surface area contributed by atoms with E-state index in [1.807, 2.05) is 49.1 Å². The minimum atomic E-state index is 0.692. The van der Waals surface area contributed by atoms with Crippen LogP contribution < -0.4 is 10.1 Å². The lowest BCUT2D eigenvalue weighted by atomic mass is 10.2. The van der Waals surface area contributed by atoms with Crippen LogP contribution in [0.4, 0.5) is 0 Å².